The zero-order valence-electron chi connectivity index (χ0n) is 12.4. The number of nitrogens with one attached hydrogen (secondary N) is 1. The summed E-state index contributed by atoms with van der Waals surface area (Å²) < 4.78 is 11.0. The average Bonchev–Trinajstić information content (AvgIpc) is 2.32. The molecule has 0 saturated heterocycles. The van der Waals surface area contributed by atoms with Crippen molar-refractivity contribution in [1.29, 1.82) is 0 Å². The molecule has 108 valence electrons. The number of nitrogens with zero attached hydrogens (tertiary/aromatic N) is 2. The van der Waals surface area contributed by atoms with Gasteiger partial charge in [0.15, 0.2) is 0 Å². The highest BCUT2D eigenvalue weighted by atomic mass is 16.5. The molecule has 0 aromatic carbocycles. The maximum absolute atomic E-state index is 5.58. The van der Waals surface area contributed by atoms with Gasteiger partial charge in [0.05, 0.1) is 6.10 Å². The molecule has 0 amide bonds. The van der Waals surface area contributed by atoms with Gasteiger partial charge in [-0.1, -0.05) is 6.92 Å². The Balaban J connectivity index is 2.38. The summed E-state index contributed by atoms with van der Waals surface area (Å²) in [4.78, 5) is 8.65. The van der Waals surface area contributed by atoms with Crippen molar-refractivity contribution in [2.45, 2.75) is 46.6 Å². The van der Waals surface area contributed by atoms with Crippen molar-refractivity contribution >= 4 is 5.95 Å². The molecule has 5 heteroatoms. The van der Waals surface area contributed by atoms with Gasteiger partial charge < -0.3 is 14.8 Å². The predicted octanol–water partition coefficient (Wildman–Crippen LogP) is 2.80. The summed E-state index contributed by atoms with van der Waals surface area (Å²) in [6.45, 7) is 10.4. The van der Waals surface area contributed by atoms with Gasteiger partial charge in [0.1, 0.15) is 0 Å². The van der Waals surface area contributed by atoms with E-state index in [0.717, 1.165) is 38.3 Å². The summed E-state index contributed by atoms with van der Waals surface area (Å²) in [5, 5.41) is 3.19. The molecule has 0 fully saturated rings. The van der Waals surface area contributed by atoms with E-state index in [9.17, 15) is 0 Å². The maximum atomic E-state index is 5.58. The molecule has 5 nitrogen and oxygen atoms in total. The van der Waals surface area contributed by atoms with E-state index in [1.807, 2.05) is 26.8 Å². The topological polar surface area (TPSA) is 56.3 Å². The van der Waals surface area contributed by atoms with E-state index in [4.69, 9.17) is 9.47 Å². The summed E-state index contributed by atoms with van der Waals surface area (Å²) in [7, 11) is 0. The SMILES string of the molecule is CCCOCCCNc1nc(C)cc(OC(C)C)n1. The monoisotopic (exact) mass is 267 g/mol. The molecule has 0 spiro atoms. The molecule has 0 radical (unpaired) electrons. The van der Waals surface area contributed by atoms with Crippen LogP contribution in [0.2, 0.25) is 0 Å². The number of hydrogen-bond acceptors (Lipinski definition) is 5. The van der Waals surface area contributed by atoms with Gasteiger partial charge in [0.25, 0.3) is 0 Å². The molecular weight excluding hydrogens is 242 g/mol. The molecule has 1 N–H and O–H groups in total. The molecular formula is C14H25N3O2. The molecule has 0 bridgehead atoms. The van der Waals surface area contributed by atoms with Gasteiger partial charge in [-0.25, -0.2) is 4.98 Å². The minimum absolute atomic E-state index is 0.115. The lowest BCUT2D eigenvalue weighted by Crippen LogP contribution is -2.12. The summed E-state index contributed by atoms with van der Waals surface area (Å²) >= 11 is 0. The zero-order valence-corrected chi connectivity index (χ0v) is 12.4. The van der Waals surface area contributed by atoms with Gasteiger partial charge in [-0.2, -0.15) is 4.98 Å². The van der Waals surface area contributed by atoms with Crippen LogP contribution in [0.4, 0.5) is 5.95 Å². The van der Waals surface area contributed by atoms with Gasteiger partial charge >= 0.3 is 0 Å². The van der Waals surface area contributed by atoms with Crippen LogP contribution < -0.4 is 10.1 Å². The molecule has 0 aliphatic heterocycles. The molecule has 1 heterocycles. The van der Waals surface area contributed by atoms with E-state index in [2.05, 4.69) is 22.2 Å². The van der Waals surface area contributed by atoms with Crippen LogP contribution in [0.15, 0.2) is 6.07 Å². The lowest BCUT2D eigenvalue weighted by Gasteiger charge is -2.11. The number of aryl methyl sites for hydroxylation is 1. The third-order valence-corrected chi connectivity index (χ3v) is 2.28. The van der Waals surface area contributed by atoms with Crippen LogP contribution in [0.3, 0.4) is 0 Å². The fourth-order valence-electron chi connectivity index (χ4n) is 1.54. The molecule has 0 aliphatic rings. The first-order valence-electron chi connectivity index (χ1n) is 6.95. The quantitative estimate of drug-likeness (QED) is 0.697. The number of ether oxygens (including phenoxy) is 2. The van der Waals surface area contributed by atoms with Crippen LogP contribution in [0, 0.1) is 6.92 Å². The standard InChI is InChI=1S/C14H25N3O2/c1-5-8-18-9-6-7-15-14-16-12(4)10-13(17-14)19-11(2)3/h10-11H,5-9H2,1-4H3,(H,15,16,17). The molecule has 0 aliphatic carbocycles. The Morgan fingerprint density at radius 3 is 2.74 bits per heavy atom. The van der Waals surface area contributed by atoms with E-state index in [0.29, 0.717) is 11.8 Å². The van der Waals surface area contributed by atoms with Crippen LogP contribution >= 0.6 is 0 Å². The highest BCUT2D eigenvalue weighted by Crippen LogP contribution is 2.13. The summed E-state index contributed by atoms with van der Waals surface area (Å²) in [6.07, 6.45) is 2.12. The van der Waals surface area contributed by atoms with Gasteiger partial charge in [0, 0.05) is 31.5 Å². The molecule has 0 saturated carbocycles. The van der Waals surface area contributed by atoms with Gasteiger partial charge in [-0.05, 0) is 33.6 Å². The molecule has 1 aromatic heterocycles. The number of hydrogen-bond donors (Lipinski definition) is 1. The van der Waals surface area contributed by atoms with Crippen molar-refractivity contribution in [3.8, 4) is 5.88 Å². The van der Waals surface area contributed by atoms with Crippen molar-refractivity contribution in [2.75, 3.05) is 25.1 Å². The first-order chi connectivity index (χ1) is 9.11. The highest BCUT2D eigenvalue weighted by molar-refractivity contribution is 5.30. The van der Waals surface area contributed by atoms with Crippen LogP contribution in [0.1, 0.15) is 39.3 Å². The Labute approximate surface area is 115 Å². The van der Waals surface area contributed by atoms with E-state index in [1.165, 1.54) is 0 Å². The van der Waals surface area contributed by atoms with Crippen molar-refractivity contribution in [3.05, 3.63) is 11.8 Å². The fraction of sp³-hybridized carbons (Fsp3) is 0.714. The second-order valence-corrected chi connectivity index (χ2v) is 4.73. The van der Waals surface area contributed by atoms with Crippen LogP contribution in [0.25, 0.3) is 0 Å². The fourth-order valence-corrected chi connectivity index (χ4v) is 1.54. The van der Waals surface area contributed by atoms with E-state index in [1.54, 1.807) is 0 Å². The number of rotatable bonds is 9. The van der Waals surface area contributed by atoms with E-state index in [-0.39, 0.29) is 6.10 Å². The smallest absolute Gasteiger partial charge is 0.226 e. The Kier molecular flexibility index (Phi) is 7.18. The molecule has 0 atom stereocenters. The van der Waals surface area contributed by atoms with Gasteiger partial charge in [-0.15, -0.1) is 0 Å². The summed E-state index contributed by atoms with van der Waals surface area (Å²) in [5.41, 5.74) is 0.899. The Morgan fingerprint density at radius 1 is 1.26 bits per heavy atom. The predicted molar refractivity (Wildman–Crippen MR) is 76.7 cm³/mol. The van der Waals surface area contributed by atoms with Crippen molar-refractivity contribution in [1.82, 2.24) is 9.97 Å². The zero-order chi connectivity index (χ0) is 14.1. The largest absolute Gasteiger partial charge is 0.475 e. The van der Waals surface area contributed by atoms with Crippen molar-refractivity contribution < 1.29 is 9.47 Å². The second kappa shape index (κ2) is 8.69. The van der Waals surface area contributed by atoms with Gasteiger partial charge in [0.2, 0.25) is 11.8 Å². The minimum atomic E-state index is 0.115. The maximum Gasteiger partial charge on any atom is 0.226 e. The van der Waals surface area contributed by atoms with E-state index >= 15 is 0 Å². The third-order valence-electron chi connectivity index (χ3n) is 2.28. The number of aromatic nitrogens is 2. The number of anilines is 1. The lowest BCUT2D eigenvalue weighted by atomic mass is 10.4. The van der Waals surface area contributed by atoms with Crippen LogP contribution in [-0.4, -0.2) is 35.8 Å². The first kappa shape index (κ1) is 15.7. The normalized spacial score (nSPS) is 10.8. The Morgan fingerprint density at radius 2 is 2.05 bits per heavy atom. The van der Waals surface area contributed by atoms with Gasteiger partial charge in [-0.3, -0.25) is 0 Å². The Bertz CT molecular complexity index is 370. The van der Waals surface area contributed by atoms with Crippen LogP contribution in [0.5, 0.6) is 5.88 Å². The summed E-state index contributed by atoms with van der Waals surface area (Å²) in [6, 6.07) is 1.84. The van der Waals surface area contributed by atoms with E-state index < -0.39 is 0 Å². The minimum Gasteiger partial charge on any atom is -0.475 e. The van der Waals surface area contributed by atoms with Crippen LogP contribution in [-0.2, 0) is 4.74 Å². The Hall–Kier alpha value is -1.36. The molecule has 1 aromatic rings. The highest BCUT2D eigenvalue weighted by Gasteiger charge is 2.04. The molecule has 19 heavy (non-hydrogen) atoms. The third kappa shape index (κ3) is 6.96. The average molecular weight is 267 g/mol. The first-order valence-corrected chi connectivity index (χ1v) is 6.95. The summed E-state index contributed by atoms with van der Waals surface area (Å²) in [5.74, 6) is 1.23. The lowest BCUT2D eigenvalue weighted by molar-refractivity contribution is 0.134. The molecule has 0 unspecified atom stereocenters. The van der Waals surface area contributed by atoms with Crippen molar-refractivity contribution in [3.63, 3.8) is 0 Å². The second-order valence-electron chi connectivity index (χ2n) is 4.73. The molecule has 1 rings (SSSR count). The van der Waals surface area contributed by atoms with Crippen molar-refractivity contribution in [2.24, 2.45) is 0 Å².